The first-order chi connectivity index (χ1) is 9.16. The molecule has 0 aliphatic heterocycles. The highest BCUT2D eigenvalue weighted by Crippen LogP contribution is 2.30. The van der Waals surface area contributed by atoms with Crippen LogP contribution in [-0.4, -0.2) is 11.0 Å². The van der Waals surface area contributed by atoms with Gasteiger partial charge in [-0.25, -0.2) is 9.37 Å². The number of pyridine rings is 1. The second-order valence-electron chi connectivity index (χ2n) is 4.52. The summed E-state index contributed by atoms with van der Waals surface area (Å²) in [5.41, 5.74) is 0.701. The third kappa shape index (κ3) is 4.04. The second-order valence-corrected chi connectivity index (χ2v) is 5.58. The van der Waals surface area contributed by atoms with E-state index in [1.165, 1.54) is 17.8 Å². The third-order valence-corrected chi connectivity index (χ3v) is 3.67. The van der Waals surface area contributed by atoms with Crippen molar-refractivity contribution in [3.05, 3.63) is 54.0 Å². The van der Waals surface area contributed by atoms with Crippen LogP contribution in [-0.2, 0) is 6.54 Å². The van der Waals surface area contributed by atoms with E-state index in [2.05, 4.69) is 10.3 Å². The Balaban J connectivity index is 2.22. The quantitative estimate of drug-likeness (QED) is 0.897. The van der Waals surface area contributed by atoms with Gasteiger partial charge in [-0.3, -0.25) is 0 Å². The van der Waals surface area contributed by atoms with Crippen molar-refractivity contribution in [2.24, 2.45) is 0 Å². The number of nitrogens with one attached hydrogen (secondary N) is 1. The van der Waals surface area contributed by atoms with Gasteiger partial charge in [-0.15, -0.1) is 0 Å². The molecule has 1 aromatic carbocycles. The predicted octanol–water partition coefficient (Wildman–Crippen LogP) is 3.87. The lowest BCUT2D eigenvalue weighted by atomic mass is 10.2. The summed E-state index contributed by atoms with van der Waals surface area (Å²) in [4.78, 5) is 5.17. The molecular formula is C15H17FN2S. The molecule has 2 nitrogen and oxygen atoms in total. The molecule has 2 aromatic rings. The van der Waals surface area contributed by atoms with E-state index in [0.29, 0.717) is 18.2 Å². The third-order valence-electron chi connectivity index (χ3n) is 2.62. The van der Waals surface area contributed by atoms with Crippen molar-refractivity contribution in [3.63, 3.8) is 0 Å². The van der Waals surface area contributed by atoms with Gasteiger partial charge in [-0.05, 0) is 24.3 Å². The van der Waals surface area contributed by atoms with Crippen LogP contribution in [0.25, 0.3) is 0 Å². The first-order valence-electron chi connectivity index (χ1n) is 6.26. The van der Waals surface area contributed by atoms with Gasteiger partial charge in [0, 0.05) is 29.2 Å². The minimum Gasteiger partial charge on any atom is -0.310 e. The number of aromatic nitrogens is 1. The van der Waals surface area contributed by atoms with Gasteiger partial charge in [0.15, 0.2) is 0 Å². The molecule has 4 heteroatoms. The first kappa shape index (κ1) is 14.0. The molecular weight excluding hydrogens is 259 g/mol. The molecule has 0 fully saturated rings. The van der Waals surface area contributed by atoms with Crippen LogP contribution in [0.1, 0.15) is 19.4 Å². The van der Waals surface area contributed by atoms with E-state index in [1.807, 2.05) is 38.1 Å². The van der Waals surface area contributed by atoms with Crippen molar-refractivity contribution in [1.29, 1.82) is 0 Å². The highest BCUT2D eigenvalue weighted by atomic mass is 32.2. The highest BCUT2D eigenvalue weighted by molar-refractivity contribution is 7.99. The molecule has 1 heterocycles. The fourth-order valence-corrected chi connectivity index (χ4v) is 2.56. The number of nitrogens with zero attached hydrogens (tertiary/aromatic N) is 1. The van der Waals surface area contributed by atoms with Crippen LogP contribution in [0.15, 0.2) is 52.5 Å². The first-order valence-corrected chi connectivity index (χ1v) is 7.08. The van der Waals surface area contributed by atoms with Crippen LogP contribution in [0.2, 0.25) is 0 Å². The Morgan fingerprint density at radius 2 is 2.05 bits per heavy atom. The van der Waals surface area contributed by atoms with Crippen molar-refractivity contribution in [2.75, 3.05) is 0 Å². The van der Waals surface area contributed by atoms with E-state index in [-0.39, 0.29) is 5.82 Å². The minimum absolute atomic E-state index is 0.172. The minimum atomic E-state index is -0.172. The van der Waals surface area contributed by atoms with Gasteiger partial charge in [0.25, 0.3) is 0 Å². The van der Waals surface area contributed by atoms with Crippen molar-refractivity contribution in [1.82, 2.24) is 10.3 Å². The average Bonchev–Trinajstić information content (AvgIpc) is 2.39. The van der Waals surface area contributed by atoms with Crippen LogP contribution < -0.4 is 5.32 Å². The largest absolute Gasteiger partial charge is 0.310 e. The summed E-state index contributed by atoms with van der Waals surface area (Å²) in [5, 5.41) is 4.13. The lowest BCUT2D eigenvalue weighted by Gasteiger charge is -2.13. The molecule has 19 heavy (non-hydrogen) atoms. The lowest BCUT2D eigenvalue weighted by Crippen LogP contribution is -2.22. The zero-order valence-electron chi connectivity index (χ0n) is 11.1. The summed E-state index contributed by atoms with van der Waals surface area (Å²) in [6.07, 6.45) is 1.74. The normalized spacial score (nSPS) is 10.9. The Labute approximate surface area is 117 Å². The van der Waals surface area contributed by atoms with Gasteiger partial charge in [0.1, 0.15) is 10.8 Å². The van der Waals surface area contributed by atoms with E-state index in [1.54, 1.807) is 12.3 Å². The maximum atomic E-state index is 13.9. The number of halogens is 1. The second kappa shape index (κ2) is 6.68. The molecule has 100 valence electrons. The van der Waals surface area contributed by atoms with E-state index in [4.69, 9.17) is 0 Å². The SMILES string of the molecule is CC(C)NCc1c(F)cccc1Sc1ccccn1. The Bertz CT molecular complexity index is 529. The van der Waals surface area contributed by atoms with E-state index in [9.17, 15) is 4.39 Å². The number of hydrogen-bond acceptors (Lipinski definition) is 3. The van der Waals surface area contributed by atoms with Crippen molar-refractivity contribution < 1.29 is 4.39 Å². The summed E-state index contributed by atoms with van der Waals surface area (Å²) in [7, 11) is 0. The van der Waals surface area contributed by atoms with Crippen LogP contribution in [0.5, 0.6) is 0 Å². The fraction of sp³-hybridized carbons (Fsp3) is 0.267. The van der Waals surface area contributed by atoms with Crippen LogP contribution in [0.4, 0.5) is 4.39 Å². The zero-order chi connectivity index (χ0) is 13.7. The van der Waals surface area contributed by atoms with E-state index < -0.39 is 0 Å². The van der Waals surface area contributed by atoms with Crippen LogP contribution in [0.3, 0.4) is 0 Å². The van der Waals surface area contributed by atoms with Gasteiger partial charge in [-0.2, -0.15) is 0 Å². The van der Waals surface area contributed by atoms with Gasteiger partial charge < -0.3 is 5.32 Å². The summed E-state index contributed by atoms with van der Waals surface area (Å²) in [5.74, 6) is -0.172. The molecule has 0 atom stereocenters. The van der Waals surface area contributed by atoms with Gasteiger partial charge in [0.2, 0.25) is 0 Å². The molecule has 0 bridgehead atoms. The van der Waals surface area contributed by atoms with E-state index >= 15 is 0 Å². The summed E-state index contributed by atoms with van der Waals surface area (Å²) in [6, 6.07) is 11.2. The molecule has 0 aliphatic carbocycles. The summed E-state index contributed by atoms with van der Waals surface area (Å²) < 4.78 is 13.9. The number of rotatable bonds is 5. The molecule has 0 spiro atoms. The Hall–Kier alpha value is -1.39. The molecule has 0 radical (unpaired) electrons. The van der Waals surface area contributed by atoms with E-state index in [0.717, 1.165) is 9.92 Å². The molecule has 0 saturated heterocycles. The zero-order valence-corrected chi connectivity index (χ0v) is 11.9. The summed E-state index contributed by atoms with van der Waals surface area (Å²) in [6.45, 7) is 4.62. The molecule has 1 N–H and O–H groups in total. The van der Waals surface area contributed by atoms with Crippen molar-refractivity contribution in [3.8, 4) is 0 Å². The smallest absolute Gasteiger partial charge is 0.128 e. The van der Waals surface area contributed by atoms with Crippen LogP contribution in [0, 0.1) is 5.82 Å². The van der Waals surface area contributed by atoms with Gasteiger partial charge in [0.05, 0.1) is 0 Å². The van der Waals surface area contributed by atoms with Crippen LogP contribution >= 0.6 is 11.8 Å². The standard InChI is InChI=1S/C15H17FN2S/c1-11(2)18-10-12-13(16)6-5-7-14(12)19-15-8-3-4-9-17-15/h3-9,11,18H,10H2,1-2H3. The Kier molecular flexibility index (Phi) is 4.93. The van der Waals surface area contributed by atoms with Crippen molar-refractivity contribution in [2.45, 2.75) is 36.4 Å². The number of benzene rings is 1. The average molecular weight is 276 g/mol. The molecule has 0 aliphatic rings. The molecule has 2 rings (SSSR count). The lowest BCUT2D eigenvalue weighted by molar-refractivity contribution is 0.546. The molecule has 1 aromatic heterocycles. The Morgan fingerprint density at radius 3 is 2.74 bits per heavy atom. The Morgan fingerprint density at radius 1 is 1.21 bits per heavy atom. The monoisotopic (exact) mass is 276 g/mol. The van der Waals surface area contributed by atoms with Gasteiger partial charge in [-0.1, -0.05) is 37.7 Å². The molecule has 0 amide bonds. The maximum Gasteiger partial charge on any atom is 0.128 e. The predicted molar refractivity (Wildman–Crippen MR) is 76.7 cm³/mol. The van der Waals surface area contributed by atoms with Crippen molar-refractivity contribution >= 4 is 11.8 Å². The fourth-order valence-electron chi connectivity index (χ4n) is 1.63. The number of hydrogen-bond donors (Lipinski definition) is 1. The maximum absolute atomic E-state index is 13.9. The molecule has 0 unspecified atom stereocenters. The topological polar surface area (TPSA) is 24.9 Å². The van der Waals surface area contributed by atoms with Gasteiger partial charge >= 0.3 is 0 Å². The summed E-state index contributed by atoms with van der Waals surface area (Å²) >= 11 is 1.49. The molecule has 0 saturated carbocycles. The highest BCUT2D eigenvalue weighted by Gasteiger charge is 2.10.